The predicted molar refractivity (Wildman–Crippen MR) is 46.4 cm³/mol. The Morgan fingerprint density at radius 2 is 2.38 bits per heavy atom. The van der Waals surface area contributed by atoms with E-state index >= 15 is 0 Å². The first-order valence-corrected chi connectivity index (χ1v) is 4.26. The molecule has 0 amide bonds. The fourth-order valence-corrected chi connectivity index (χ4v) is 1.12. The maximum atomic E-state index is 12.7. The van der Waals surface area contributed by atoms with Gasteiger partial charge in [-0.3, -0.25) is 0 Å². The number of epoxide rings is 1. The van der Waals surface area contributed by atoms with E-state index in [9.17, 15) is 4.39 Å². The number of hydrogen-bond acceptors (Lipinski definition) is 2. The molecule has 0 N–H and O–H groups in total. The quantitative estimate of drug-likeness (QED) is 0.666. The molecule has 1 unspecified atom stereocenters. The molecule has 1 aliphatic heterocycles. The molecule has 3 heteroatoms. The zero-order chi connectivity index (χ0) is 9.26. The summed E-state index contributed by atoms with van der Waals surface area (Å²) in [7, 11) is 0. The van der Waals surface area contributed by atoms with E-state index in [0.717, 1.165) is 17.9 Å². The number of halogens is 1. The molecule has 0 aromatic heterocycles. The second kappa shape index (κ2) is 3.34. The van der Waals surface area contributed by atoms with Crippen molar-refractivity contribution in [2.45, 2.75) is 13.0 Å². The zero-order valence-electron chi connectivity index (χ0n) is 7.42. The third-order valence-corrected chi connectivity index (χ3v) is 1.96. The van der Waals surface area contributed by atoms with Gasteiger partial charge in [0.2, 0.25) is 0 Å². The van der Waals surface area contributed by atoms with Crippen LogP contribution in [0.3, 0.4) is 0 Å². The number of aryl methyl sites for hydroxylation is 1. The minimum Gasteiger partial charge on any atom is -0.491 e. The van der Waals surface area contributed by atoms with Gasteiger partial charge in [0.05, 0.1) is 6.61 Å². The third-order valence-electron chi connectivity index (χ3n) is 1.96. The standard InChI is InChI=1S/C10H11FO2/c1-7-4-8(11)2-3-10(7)13-6-9-5-12-9/h2-4,9H,5-6H2,1H3. The minimum atomic E-state index is -0.229. The molecule has 13 heavy (non-hydrogen) atoms. The largest absolute Gasteiger partial charge is 0.491 e. The lowest BCUT2D eigenvalue weighted by molar-refractivity contribution is 0.261. The highest BCUT2D eigenvalue weighted by atomic mass is 19.1. The van der Waals surface area contributed by atoms with Crippen LogP contribution >= 0.6 is 0 Å². The molecular formula is C10H11FO2. The van der Waals surface area contributed by atoms with Gasteiger partial charge in [0, 0.05) is 0 Å². The van der Waals surface area contributed by atoms with Crippen LogP contribution in [-0.4, -0.2) is 19.3 Å². The second-order valence-corrected chi connectivity index (χ2v) is 3.18. The average Bonchev–Trinajstić information content (AvgIpc) is 2.86. The van der Waals surface area contributed by atoms with Crippen LogP contribution in [0.15, 0.2) is 18.2 Å². The molecule has 1 atom stereocenters. The summed E-state index contributed by atoms with van der Waals surface area (Å²) < 4.78 is 23.1. The van der Waals surface area contributed by atoms with E-state index in [1.165, 1.54) is 12.1 Å². The maximum absolute atomic E-state index is 12.7. The first-order chi connectivity index (χ1) is 6.25. The molecule has 1 heterocycles. The topological polar surface area (TPSA) is 21.8 Å². The third kappa shape index (κ3) is 2.18. The summed E-state index contributed by atoms with van der Waals surface area (Å²) in [4.78, 5) is 0. The Balaban J connectivity index is 2.01. The van der Waals surface area contributed by atoms with Crippen molar-refractivity contribution < 1.29 is 13.9 Å². The van der Waals surface area contributed by atoms with Gasteiger partial charge >= 0.3 is 0 Å². The smallest absolute Gasteiger partial charge is 0.123 e. The SMILES string of the molecule is Cc1cc(F)ccc1OCC1CO1. The number of benzene rings is 1. The minimum absolute atomic E-state index is 0.229. The molecule has 2 nitrogen and oxygen atoms in total. The van der Waals surface area contributed by atoms with Gasteiger partial charge in [-0.05, 0) is 30.7 Å². The molecule has 0 radical (unpaired) electrons. The van der Waals surface area contributed by atoms with Crippen molar-refractivity contribution >= 4 is 0 Å². The number of ether oxygens (including phenoxy) is 2. The van der Waals surface area contributed by atoms with Crippen LogP contribution in [0.25, 0.3) is 0 Å². The van der Waals surface area contributed by atoms with Crippen LogP contribution in [0.1, 0.15) is 5.56 Å². The lowest BCUT2D eigenvalue weighted by Crippen LogP contribution is -2.04. The zero-order valence-corrected chi connectivity index (χ0v) is 7.42. The van der Waals surface area contributed by atoms with Gasteiger partial charge in [-0.1, -0.05) is 0 Å². The monoisotopic (exact) mass is 182 g/mol. The average molecular weight is 182 g/mol. The van der Waals surface area contributed by atoms with Gasteiger partial charge < -0.3 is 9.47 Å². The van der Waals surface area contributed by atoms with Crippen LogP contribution in [0.5, 0.6) is 5.75 Å². The highest BCUT2D eigenvalue weighted by Crippen LogP contribution is 2.20. The Bertz CT molecular complexity index is 308. The molecule has 0 saturated carbocycles. The van der Waals surface area contributed by atoms with Crippen molar-refractivity contribution in [1.29, 1.82) is 0 Å². The fraction of sp³-hybridized carbons (Fsp3) is 0.400. The van der Waals surface area contributed by atoms with E-state index in [1.54, 1.807) is 6.07 Å². The van der Waals surface area contributed by atoms with Gasteiger partial charge in [-0.15, -0.1) is 0 Å². The highest BCUT2D eigenvalue weighted by Gasteiger charge is 2.23. The van der Waals surface area contributed by atoms with Gasteiger partial charge in [0.15, 0.2) is 0 Å². The fourth-order valence-electron chi connectivity index (χ4n) is 1.12. The van der Waals surface area contributed by atoms with Gasteiger partial charge in [-0.2, -0.15) is 0 Å². The molecule has 0 aliphatic carbocycles. The van der Waals surface area contributed by atoms with Crippen LogP contribution in [-0.2, 0) is 4.74 Å². The lowest BCUT2D eigenvalue weighted by atomic mass is 10.2. The van der Waals surface area contributed by atoms with E-state index in [0.29, 0.717) is 6.61 Å². The van der Waals surface area contributed by atoms with Crippen molar-refractivity contribution in [3.05, 3.63) is 29.6 Å². The van der Waals surface area contributed by atoms with E-state index in [-0.39, 0.29) is 11.9 Å². The lowest BCUT2D eigenvalue weighted by Gasteiger charge is -2.06. The first kappa shape index (κ1) is 8.51. The van der Waals surface area contributed by atoms with Crippen molar-refractivity contribution in [1.82, 2.24) is 0 Å². The number of hydrogen-bond donors (Lipinski definition) is 0. The van der Waals surface area contributed by atoms with Crippen molar-refractivity contribution in [2.24, 2.45) is 0 Å². The molecule has 70 valence electrons. The highest BCUT2D eigenvalue weighted by molar-refractivity contribution is 5.32. The Morgan fingerprint density at radius 1 is 1.62 bits per heavy atom. The molecule has 2 rings (SSSR count). The summed E-state index contributed by atoms with van der Waals surface area (Å²) in [6, 6.07) is 4.51. The molecule has 1 aromatic carbocycles. The summed E-state index contributed by atoms with van der Waals surface area (Å²) in [6.45, 7) is 3.17. The maximum Gasteiger partial charge on any atom is 0.123 e. The van der Waals surface area contributed by atoms with Crippen LogP contribution in [0, 0.1) is 12.7 Å². The van der Waals surface area contributed by atoms with E-state index in [1.807, 2.05) is 6.92 Å². The van der Waals surface area contributed by atoms with Crippen LogP contribution < -0.4 is 4.74 Å². The molecule has 1 aliphatic rings. The summed E-state index contributed by atoms with van der Waals surface area (Å²) in [6.07, 6.45) is 0.240. The Hall–Kier alpha value is -1.09. The molecule has 0 bridgehead atoms. The van der Waals surface area contributed by atoms with E-state index < -0.39 is 0 Å². The van der Waals surface area contributed by atoms with E-state index in [4.69, 9.17) is 9.47 Å². The van der Waals surface area contributed by atoms with Gasteiger partial charge in [0.25, 0.3) is 0 Å². The van der Waals surface area contributed by atoms with Gasteiger partial charge in [0.1, 0.15) is 24.3 Å². The normalized spacial score (nSPS) is 20.0. The Kier molecular flexibility index (Phi) is 2.19. The summed E-state index contributed by atoms with van der Waals surface area (Å²) >= 11 is 0. The first-order valence-electron chi connectivity index (χ1n) is 4.26. The Labute approximate surface area is 76.3 Å². The summed E-state index contributed by atoms with van der Waals surface area (Å²) in [5.41, 5.74) is 0.820. The van der Waals surface area contributed by atoms with E-state index in [2.05, 4.69) is 0 Å². The number of rotatable bonds is 3. The second-order valence-electron chi connectivity index (χ2n) is 3.18. The van der Waals surface area contributed by atoms with Crippen molar-refractivity contribution in [3.63, 3.8) is 0 Å². The van der Waals surface area contributed by atoms with Gasteiger partial charge in [-0.25, -0.2) is 4.39 Å². The molecule has 0 spiro atoms. The molecular weight excluding hydrogens is 171 g/mol. The van der Waals surface area contributed by atoms with Crippen LogP contribution in [0.2, 0.25) is 0 Å². The van der Waals surface area contributed by atoms with Crippen molar-refractivity contribution in [2.75, 3.05) is 13.2 Å². The molecule has 1 fully saturated rings. The predicted octanol–water partition coefficient (Wildman–Crippen LogP) is 1.91. The van der Waals surface area contributed by atoms with Crippen molar-refractivity contribution in [3.8, 4) is 5.75 Å². The molecule has 1 aromatic rings. The molecule has 1 saturated heterocycles. The Morgan fingerprint density at radius 3 is 3.00 bits per heavy atom. The summed E-state index contributed by atoms with van der Waals surface area (Å²) in [5.74, 6) is 0.504. The summed E-state index contributed by atoms with van der Waals surface area (Å²) in [5, 5.41) is 0. The van der Waals surface area contributed by atoms with Crippen LogP contribution in [0.4, 0.5) is 4.39 Å².